The van der Waals surface area contributed by atoms with E-state index in [1.807, 2.05) is 13.8 Å². The SMILES string of the molecule is CC1(C)C=CC[C@H]2C[C@H]2C1=O. The van der Waals surface area contributed by atoms with Crippen LogP contribution >= 0.6 is 0 Å². The third kappa shape index (κ3) is 1.03. The van der Waals surface area contributed by atoms with Gasteiger partial charge in [-0.15, -0.1) is 0 Å². The van der Waals surface area contributed by atoms with Gasteiger partial charge in [-0.25, -0.2) is 0 Å². The molecule has 0 heterocycles. The standard InChI is InChI=1S/C10H14O/c1-10(2)5-3-4-7-6-8(7)9(10)11/h3,5,7-8H,4,6H2,1-2H3/t7-,8+/m0/s1. The van der Waals surface area contributed by atoms with Gasteiger partial charge in [0, 0.05) is 11.3 Å². The Morgan fingerprint density at radius 1 is 1.55 bits per heavy atom. The highest BCUT2D eigenvalue weighted by Crippen LogP contribution is 2.48. The number of carbonyl (C=O) groups excluding carboxylic acids is 1. The Hall–Kier alpha value is -0.590. The molecule has 1 saturated carbocycles. The van der Waals surface area contributed by atoms with E-state index >= 15 is 0 Å². The van der Waals surface area contributed by atoms with Gasteiger partial charge in [-0.1, -0.05) is 12.2 Å². The Morgan fingerprint density at radius 2 is 2.27 bits per heavy atom. The molecule has 0 spiro atoms. The minimum Gasteiger partial charge on any atom is -0.298 e. The zero-order valence-electron chi connectivity index (χ0n) is 7.13. The van der Waals surface area contributed by atoms with Crippen molar-refractivity contribution >= 4 is 5.78 Å². The van der Waals surface area contributed by atoms with Crippen LogP contribution in [0.3, 0.4) is 0 Å². The van der Waals surface area contributed by atoms with Crippen LogP contribution < -0.4 is 0 Å². The number of ketones is 1. The van der Waals surface area contributed by atoms with Crippen molar-refractivity contribution in [2.24, 2.45) is 17.3 Å². The molecule has 0 aliphatic heterocycles. The van der Waals surface area contributed by atoms with Crippen LogP contribution in [0.4, 0.5) is 0 Å². The number of Topliss-reactive ketones (excluding diaryl/α,β-unsaturated/α-hetero) is 1. The van der Waals surface area contributed by atoms with Gasteiger partial charge in [-0.2, -0.15) is 0 Å². The largest absolute Gasteiger partial charge is 0.298 e. The van der Waals surface area contributed by atoms with Gasteiger partial charge in [-0.3, -0.25) is 4.79 Å². The lowest BCUT2D eigenvalue weighted by Gasteiger charge is -2.16. The van der Waals surface area contributed by atoms with E-state index in [0.29, 0.717) is 17.6 Å². The summed E-state index contributed by atoms with van der Waals surface area (Å²) in [7, 11) is 0. The lowest BCUT2D eigenvalue weighted by Crippen LogP contribution is -2.22. The molecule has 0 aromatic rings. The molecule has 0 N–H and O–H groups in total. The van der Waals surface area contributed by atoms with E-state index < -0.39 is 0 Å². The molecule has 0 aromatic heterocycles. The monoisotopic (exact) mass is 150 g/mol. The molecular formula is C10H14O. The van der Waals surface area contributed by atoms with Gasteiger partial charge >= 0.3 is 0 Å². The van der Waals surface area contributed by atoms with E-state index in [-0.39, 0.29) is 5.41 Å². The van der Waals surface area contributed by atoms with E-state index in [2.05, 4.69) is 12.2 Å². The predicted octanol–water partition coefficient (Wildman–Crippen LogP) is 2.18. The molecule has 2 aliphatic rings. The highest BCUT2D eigenvalue weighted by molar-refractivity contribution is 5.90. The molecule has 1 heteroatoms. The molecule has 2 atom stereocenters. The Bertz CT molecular complexity index is 225. The zero-order chi connectivity index (χ0) is 8.06. The number of hydrogen-bond donors (Lipinski definition) is 0. The maximum Gasteiger partial charge on any atom is 0.145 e. The van der Waals surface area contributed by atoms with E-state index in [9.17, 15) is 4.79 Å². The number of allylic oxidation sites excluding steroid dienone is 2. The van der Waals surface area contributed by atoms with Gasteiger partial charge in [0.05, 0.1) is 0 Å². The third-order valence-corrected chi connectivity index (χ3v) is 2.87. The fraction of sp³-hybridized carbons (Fsp3) is 0.700. The summed E-state index contributed by atoms with van der Waals surface area (Å²) in [5.74, 6) is 1.55. The minimum atomic E-state index is -0.185. The second kappa shape index (κ2) is 1.96. The smallest absolute Gasteiger partial charge is 0.145 e. The quantitative estimate of drug-likeness (QED) is 0.484. The summed E-state index contributed by atoms with van der Waals surface area (Å²) in [6.07, 6.45) is 6.52. The summed E-state index contributed by atoms with van der Waals surface area (Å²) in [6.45, 7) is 4.04. The number of carbonyl (C=O) groups is 1. The fourth-order valence-corrected chi connectivity index (χ4v) is 1.93. The molecule has 2 aliphatic carbocycles. The van der Waals surface area contributed by atoms with Gasteiger partial charge in [0.2, 0.25) is 0 Å². The van der Waals surface area contributed by atoms with Crippen molar-refractivity contribution in [3.63, 3.8) is 0 Å². The summed E-state index contributed by atoms with van der Waals surface area (Å²) < 4.78 is 0. The Balaban J connectivity index is 2.28. The maximum absolute atomic E-state index is 11.7. The van der Waals surface area contributed by atoms with Crippen molar-refractivity contribution in [2.45, 2.75) is 26.7 Å². The van der Waals surface area contributed by atoms with Gasteiger partial charge in [-0.05, 0) is 32.6 Å². The highest BCUT2D eigenvalue weighted by Gasteiger charge is 2.47. The van der Waals surface area contributed by atoms with Gasteiger partial charge in [0.1, 0.15) is 5.78 Å². The van der Waals surface area contributed by atoms with E-state index in [4.69, 9.17) is 0 Å². The molecule has 0 bridgehead atoms. The number of rotatable bonds is 0. The maximum atomic E-state index is 11.7. The first-order valence-electron chi connectivity index (χ1n) is 4.33. The lowest BCUT2D eigenvalue weighted by atomic mass is 9.86. The van der Waals surface area contributed by atoms with E-state index in [1.165, 1.54) is 0 Å². The van der Waals surface area contributed by atoms with E-state index in [1.54, 1.807) is 0 Å². The number of hydrogen-bond acceptors (Lipinski definition) is 1. The summed E-state index contributed by atoms with van der Waals surface area (Å²) in [5, 5.41) is 0. The van der Waals surface area contributed by atoms with Crippen LogP contribution in [-0.4, -0.2) is 5.78 Å². The van der Waals surface area contributed by atoms with Crippen molar-refractivity contribution < 1.29 is 4.79 Å². The van der Waals surface area contributed by atoms with Crippen LogP contribution in [0.25, 0.3) is 0 Å². The molecule has 11 heavy (non-hydrogen) atoms. The van der Waals surface area contributed by atoms with Crippen LogP contribution in [0, 0.1) is 17.3 Å². The van der Waals surface area contributed by atoms with Crippen LogP contribution in [0.5, 0.6) is 0 Å². The summed E-state index contributed by atoms with van der Waals surface area (Å²) in [6, 6.07) is 0. The minimum absolute atomic E-state index is 0.185. The average molecular weight is 150 g/mol. The third-order valence-electron chi connectivity index (χ3n) is 2.87. The van der Waals surface area contributed by atoms with Gasteiger partial charge in [0.25, 0.3) is 0 Å². The normalized spacial score (nSPS) is 39.6. The Labute approximate surface area is 67.5 Å². The molecule has 1 nitrogen and oxygen atoms in total. The predicted molar refractivity (Wildman–Crippen MR) is 44.1 cm³/mol. The molecule has 0 amide bonds. The molecule has 0 saturated heterocycles. The first-order chi connectivity index (χ1) is 5.11. The van der Waals surface area contributed by atoms with Crippen molar-refractivity contribution in [2.75, 3.05) is 0 Å². The molecule has 0 aromatic carbocycles. The topological polar surface area (TPSA) is 17.1 Å². The Kier molecular flexibility index (Phi) is 1.26. The number of fused-ring (bicyclic) bond motifs is 1. The van der Waals surface area contributed by atoms with Crippen molar-refractivity contribution in [3.8, 4) is 0 Å². The first-order valence-corrected chi connectivity index (χ1v) is 4.33. The fourth-order valence-electron chi connectivity index (χ4n) is 1.93. The van der Waals surface area contributed by atoms with Crippen LogP contribution in [0.15, 0.2) is 12.2 Å². The van der Waals surface area contributed by atoms with Crippen molar-refractivity contribution in [1.82, 2.24) is 0 Å². The van der Waals surface area contributed by atoms with E-state index in [0.717, 1.165) is 12.8 Å². The summed E-state index contributed by atoms with van der Waals surface area (Å²) in [5.41, 5.74) is -0.185. The van der Waals surface area contributed by atoms with Crippen LogP contribution in [0.2, 0.25) is 0 Å². The molecule has 1 fully saturated rings. The molecule has 0 unspecified atom stereocenters. The van der Waals surface area contributed by atoms with Crippen molar-refractivity contribution in [1.29, 1.82) is 0 Å². The lowest BCUT2D eigenvalue weighted by molar-refractivity contribution is -0.126. The molecule has 2 rings (SSSR count). The average Bonchev–Trinajstić information content (AvgIpc) is 2.64. The molecule has 0 radical (unpaired) electrons. The Morgan fingerprint density at radius 3 is 3.00 bits per heavy atom. The second-order valence-electron chi connectivity index (χ2n) is 4.33. The second-order valence-corrected chi connectivity index (χ2v) is 4.33. The van der Waals surface area contributed by atoms with Crippen LogP contribution in [0.1, 0.15) is 26.7 Å². The van der Waals surface area contributed by atoms with Crippen LogP contribution in [-0.2, 0) is 4.79 Å². The molecule has 60 valence electrons. The first kappa shape index (κ1) is 7.08. The summed E-state index contributed by atoms with van der Waals surface area (Å²) in [4.78, 5) is 11.7. The zero-order valence-corrected chi connectivity index (χ0v) is 7.13. The van der Waals surface area contributed by atoms with Crippen molar-refractivity contribution in [3.05, 3.63) is 12.2 Å². The van der Waals surface area contributed by atoms with Gasteiger partial charge < -0.3 is 0 Å². The molecular weight excluding hydrogens is 136 g/mol. The highest BCUT2D eigenvalue weighted by atomic mass is 16.1. The summed E-state index contributed by atoms with van der Waals surface area (Å²) >= 11 is 0. The van der Waals surface area contributed by atoms with Gasteiger partial charge in [0.15, 0.2) is 0 Å².